The van der Waals surface area contributed by atoms with Crippen molar-refractivity contribution in [1.82, 2.24) is 5.32 Å². The van der Waals surface area contributed by atoms with Crippen LogP contribution in [0.1, 0.15) is 24.2 Å². The lowest BCUT2D eigenvalue weighted by molar-refractivity contribution is -0.954. The van der Waals surface area contributed by atoms with E-state index >= 15 is 0 Å². The van der Waals surface area contributed by atoms with Gasteiger partial charge in [-0.1, -0.05) is 0 Å². The van der Waals surface area contributed by atoms with E-state index in [0.29, 0.717) is 12.1 Å². The maximum Gasteiger partial charge on any atom is 0.387 e. The first-order valence-corrected chi connectivity index (χ1v) is 8.17. The number of alkyl halides is 2. The summed E-state index contributed by atoms with van der Waals surface area (Å²) in [5, 5.41) is 2.90. The average molecular weight is 359 g/mol. The molecule has 2 rings (SSSR count). The van der Waals surface area contributed by atoms with Crippen molar-refractivity contribution < 1.29 is 32.7 Å². The first-order chi connectivity index (χ1) is 11.8. The smallest absolute Gasteiger partial charge is 0.387 e. The summed E-state index contributed by atoms with van der Waals surface area (Å²) in [6, 6.07) is 4.13. The maximum absolute atomic E-state index is 12.4. The third-order valence-corrected chi connectivity index (χ3v) is 4.39. The molecule has 25 heavy (non-hydrogen) atoms. The Morgan fingerprint density at radius 2 is 2.00 bits per heavy atom. The molecular formula is C17H25F2N2O4+. The van der Waals surface area contributed by atoms with Gasteiger partial charge in [-0.25, -0.2) is 0 Å². The van der Waals surface area contributed by atoms with Gasteiger partial charge in [-0.15, -0.1) is 0 Å². The Morgan fingerprint density at radius 3 is 2.60 bits per heavy atom. The van der Waals surface area contributed by atoms with E-state index in [9.17, 15) is 13.6 Å². The van der Waals surface area contributed by atoms with E-state index in [1.165, 1.54) is 30.2 Å². The Balaban J connectivity index is 2.00. The topological polar surface area (TPSA) is 61.2 Å². The van der Waals surface area contributed by atoms with E-state index in [-0.39, 0.29) is 22.9 Å². The number of carbonyl (C=O) groups excluding carboxylic acids is 1. The van der Waals surface area contributed by atoms with E-state index in [1.807, 2.05) is 0 Å². The van der Waals surface area contributed by atoms with E-state index in [1.54, 1.807) is 0 Å². The van der Waals surface area contributed by atoms with Crippen molar-refractivity contribution in [2.75, 3.05) is 40.0 Å². The van der Waals surface area contributed by atoms with Crippen LogP contribution >= 0.6 is 0 Å². The highest BCUT2D eigenvalue weighted by Crippen LogP contribution is 2.29. The molecule has 1 aliphatic heterocycles. The molecule has 6 nitrogen and oxygen atoms in total. The summed E-state index contributed by atoms with van der Waals surface area (Å²) in [5.74, 6) is -0.305. The van der Waals surface area contributed by atoms with Gasteiger partial charge in [0.25, 0.3) is 5.91 Å². The Labute approximate surface area is 146 Å². The highest BCUT2D eigenvalue weighted by Gasteiger charge is 2.32. The average Bonchev–Trinajstić information content (AvgIpc) is 2.60. The van der Waals surface area contributed by atoms with Crippen molar-refractivity contribution in [3.63, 3.8) is 0 Å². The van der Waals surface area contributed by atoms with Crippen LogP contribution < -0.4 is 19.7 Å². The number of methoxy groups -OCH3 is 1. The minimum Gasteiger partial charge on any atom is -0.493 e. The van der Waals surface area contributed by atoms with Crippen molar-refractivity contribution in [3.8, 4) is 11.5 Å². The molecule has 2 N–H and O–H groups in total. The molecule has 1 amide bonds. The van der Waals surface area contributed by atoms with Crippen molar-refractivity contribution in [2.45, 2.75) is 26.0 Å². The van der Waals surface area contributed by atoms with Crippen LogP contribution in [0.2, 0.25) is 0 Å². The molecule has 1 heterocycles. The van der Waals surface area contributed by atoms with Gasteiger partial charge in [-0.05, 0) is 32.0 Å². The van der Waals surface area contributed by atoms with E-state index in [2.05, 4.69) is 23.9 Å². The predicted octanol–water partition coefficient (Wildman–Crippen LogP) is 0.720. The molecule has 0 aromatic heterocycles. The molecule has 1 aliphatic rings. The van der Waals surface area contributed by atoms with Crippen LogP contribution in [0.3, 0.4) is 0 Å². The zero-order valence-corrected chi connectivity index (χ0v) is 14.7. The number of nitrogens with one attached hydrogen (secondary N) is 2. The van der Waals surface area contributed by atoms with E-state index in [0.717, 1.165) is 26.3 Å². The van der Waals surface area contributed by atoms with Crippen LogP contribution in [-0.4, -0.2) is 58.0 Å². The molecule has 1 fully saturated rings. The summed E-state index contributed by atoms with van der Waals surface area (Å²) in [4.78, 5) is 13.8. The highest BCUT2D eigenvalue weighted by atomic mass is 19.3. The SMILES string of the molecule is COc1cc(C(=O)NCC(C)(C)[NH+]2CCOCC2)ccc1OC(F)F. The molecule has 0 unspecified atom stereocenters. The predicted molar refractivity (Wildman–Crippen MR) is 87.6 cm³/mol. The largest absolute Gasteiger partial charge is 0.493 e. The number of hydrogen-bond donors (Lipinski definition) is 2. The van der Waals surface area contributed by atoms with Gasteiger partial charge < -0.3 is 24.4 Å². The molecule has 140 valence electrons. The highest BCUT2D eigenvalue weighted by molar-refractivity contribution is 5.94. The second-order valence-electron chi connectivity index (χ2n) is 6.53. The minimum absolute atomic E-state index is 0.0889. The van der Waals surface area contributed by atoms with Gasteiger partial charge in [0, 0.05) is 5.56 Å². The summed E-state index contributed by atoms with van der Waals surface area (Å²) < 4.78 is 39.5. The number of ether oxygens (including phenoxy) is 3. The molecule has 1 saturated heterocycles. The Hall–Kier alpha value is -1.93. The van der Waals surface area contributed by atoms with Crippen LogP contribution in [0, 0.1) is 0 Å². The summed E-state index contributed by atoms with van der Waals surface area (Å²) in [5.41, 5.74) is 0.189. The van der Waals surface area contributed by atoms with Crippen LogP contribution in [-0.2, 0) is 4.74 Å². The molecule has 0 radical (unpaired) electrons. The number of halogens is 2. The fourth-order valence-electron chi connectivity index (χ4n) is 2.83. The minimum atomic E-state index is -2.95. The second-order valence-corrected chi connectivity index (χ2v) is 6.53. The number of rotatable bonds is 7. The van der Waals surface area contributed by atoms with Crippen molar-refractivity contribution in [2.24, 2.45) is 0 Å². The number of benzene rings is 1. The monoisotopic (exact) mass is 359 g/mol. The summed E-state index contributed by atoms with van der Waals surface area (Å²) >= 11 is 0. The van der Waals surface area contributed by atoms with Crippen LogP contribution in [0.4, 0.5) is 8.78 Å². The van der Waals surface area contributed by atoms with Crippen molar-refractivity contribution in [3.05, 3.63) is 23.8 Å². The third kappa shape index (κ3) is 5.27. The van der Waals surface area contributed by atoms with Gasteiger partial charge in [-0.3, -0.25) is 4.79 Å². The molecular weight excluding hydrogens is 334 g/mol. The molecule has 1 aromatic rings. The zero-order valence-electron chi connectivity index (χ0n) is 14.7. The summed E-state index contributed by atoms with van der Waals surface area (Å²) in [7, 11) is 1.33. The molecule has 0 atom stereocenters. The number of amides is 1. The normalized spacial score (nSPS) is 15.9. The lowest BCUT2D eigenvalue weighted by Gasteiger charge is -2.37. The lowest BCUT2D eigenvalue weighted by Crippen LogP contribution is -3.22. The first kappa shape index (κ1) is 19.4. The fourth-order valence-corrected chi connectivity index (χ4v) is 2.83. The van der Waals surface area contributed by atoms with Gasteiger partial charge >= 0.3 is 6.61 Å². The van der Waals surface area contributed by atoms with Crippen LogP contribution in [0.5, 0.6) is 11.5 Å². The third-order valence-electron chi connectivity index (χ3n) is 4.39. The quantitative estimate of drug-likeness (QED) is 0.753. The Bertz CT molecular complexity index is 590. The maximum atomic E-state index is 12.4. The molecule has 0 bridgehead atoms. The van der Waals surface area contributed by atoms with E-state index in [4.69, 9.17) is 9.47 Å². The standard InChI is InChI=1S/C17H24F2N2O4/c1-17(2,21-6-8-24-9-7-21)11-20-15(22)12-4-5-13(25-16(18)19)14(10-12)23-3/h4-5,10,16H,6-9,11H2,1-3H3,(H,20,22)/p+1. The Kier molecular flexibility index (Phi) is 6.55. The van der Waals surface area contributed by atoms with Gasteiger partial charge in [0.2, 0.25) is 0 Å². The number of hydrogen-bond acceptors (Lipinski definition) is 4. The summed E-state index contributed by atoms with van der Waals surface area (Å²) in [6.07, 6.45) is 0. The lowest BCUT2D eigenvalue weighted by atomic mass is 10.0. The molecule has 8 heteroatoms. The molecule has 0 saturated carbocycles. The van der Waals surface area contributed by atoms with Crippen LogP contribution in [0.25, 0.3) is 0 Å². The van der Waals surface area contributed by atoms with E-state index < -0.39 is 6.61 Å². The molecule has 0 aliphatic carbocycles. The molecule has 1 aromatic carbocycles. The number of morpholine rings is 1. The van der Waals surface area contributed by atoms with Gasteiger partial charge in [-0.2, -0.15) is 8.78 Å². The number of quaternary nitrogens is 1. The Morgan fingerprint density at radius 1 is 1.32 bits per heavy atom. The van der Waals surface area contributed by atoms with Gasteiger partial charge in [0.05, 0.1) is 26.9 Å². The first-order valence-electron chi connectivity index (χ1n) is 8.17. The van der Waals surface area contributed by atoms with Gasteiger partial charge in [0.15, 0.2) is 11.5 Å². The van der Waals surface area contributed by atoms with Crippen molar-refractivity contribution in [1.29, 1.82) is 0 Å². The second kappa shape index (κ2) is 8.44. The molecule has 0 spiro atoms. The van der Waals surface area contributed by atoms with Crippen LogP contribution in [0.15, 0.2) is 18.2 Å². The van der Waals surface area contributed by atoms with Crippen molar-refractivity contribution >= 4 is 5.91 Å². The number of carbonyl (C=O) groups is 1. The zero-order chi connectivity index (χ0) is 18.4. The summed E-state index contributed by atoms with van der Waals surface area (Å²) in [6.45, 7) is 4.95. The fraction of sp³-hybridized carbons (Fsp3) is 0.588. The van der Waals surface area contributed by atoms with Gasteiger partial charge in [0.1, 0.15) is 18.6 Å².